The van der Waals surface area contributed by atoms with Gasteiger partial charge in [-0.25, -0.2) is 8.42 Å². The molecule has 1 aliphatic carbocycles. The molecule has 0 heterocycles. The van der Waals surface area contributed by atoms with Gasteiger partial charge in [0.25, 0.3) is 0 Å². The molecule has 0 radical (unpaired) electrons. The van der Waals surface area contributed by atoms with Gasteiger partial charge in [-0.3, -0.25) is 0 Å². The molecule has 1 aliphatic rings. The third kappa shape index (κ3) is 3.31. The van der Waals surface area contributed by atoms with Crippen molar-refractivity contribution < 1.29 is 26.4 Å². The molecule has 2 rings (SSSR count). The minimum Gasteiger partial charge on any atom is -0.302 e. The van der Waals surface area contributed by atoms with Crippen molar-refractivity contribution in [1.82, 2.24) is 0 Å². The lowest BCUT2D eigenvalue weighted by Crippen LogP contribution is -2.40. The van der Waals surface area contributed by atoms with Crippen LogP contribution in [-0.2, 0) is 20.8 Å². The number of sulfone groups is 1. The fraction of sp³-hybridized carbons (Fsp3) is 0.462. The molecule has 1 unspecified atom stereocenters. The highest BCUT2D eigenvalue weighted by atomic mass is 79.9. The van der Waals surface area contributed by atoms with Gasteiger partial charge < -0.3 is 4.79 Å². The molecule has 0 spiro atoms. The fourth-order valence-electron chi connectivity index (χ4n) is 2.27. The number of hydrogen-bond donors (Lipinski definition) is 0. The SMILES string of the molecule is O=CC(Br)C1CC(S(=O)(=O)c2cccc(C(F)(F)F)c2)C1. The number of rotatable bonds is 4. The third-order valence-electron chi connectivity index (χ3n) is 3.64. The summed E-state index contributed by atoms with van der Waals surface area (Å²) in [6, 6.07) is 3.76. The van der Waals surface area contributed by atoms with Gasteiger partial charge in [0.05, 0.1) is 20.5 Å². The van der Waals surface area contributed by atoms with Crippen LogP contribution >= 0.6 is 15.9 Å². The first-order valence-electron chi connectivity index (χ1n) is 6.17. The maximum atomic E-state index is 12.6. The standard InChI is InChI=1S/C13H12BrF3O3S/c14-12(7-18)8-4-11(5-8)21(19,20)10-3-1-2-9(6-10)13(15,16)17/h1-3,6-8,11-12H,4-5H2. The van der Waals surface area contributed by atoms with Gasteiger partial charge in [0, 0.05) is 0 Å². The first kappa shape index (κ1) is 16.5. The zero-order valence-electron chi connectivity index (χ0n) is 10.7. The molecule has 1 atom stereocenters. The van der Waals surface area contributed by atoms with E-state index >= 15 is 0 Å². The summed E-state index contributed by atoms with van der Waals surface area (Å²) in [5.74, 6) is -0.0897. The molecule has 1 aromatic carbocycles. The summed E-state index contributed by atoms with van der Waals surface area (Å²) < 4.78 is 62.4. The molecular formula is C13H12BrF3O3S. The summed E-state index contributed by atoms with van der Waals surface area (Å²) in [5, 5.41) is -0.731. The van der Waals surface area contributed by atoms with Crippen molar-refractivity contribution in [3.8, 4) is 0 Å². The van der Waals surface area contributed by atoms with E-state index < -0.39 is 31.7 Å². The first-order chi connectivity index (χ1) is 9.66. The van der Waals surface area contributed by atoms with E-state index in [4.69, 9.17) is 0 Å². The minimum atomic E-state index is -4.58. The van der Waals surface area contributed by atoms with Crippen molar-refractivity contribution in [3.05, 3.63) is 29.8 Å². The van der Waals surface area contributed by atoms with Gasteiger partial charge in [0.15, 0.2) is 9.84 Å². The number of halogens is 4. The summed E-state index contributed by atoms with van der Waals surface area (Å²) in [7, 11) is -3.80. The van der Waals surface area contributed by atoms with Crippen LogP contribution < -0.4 is 0 Å². The smallest absolute Gasteiger partial charge is 0.302 e. The summed E-state index contributed by atoms with van der Waals surface area (Å²) in [6.07, 6.45) is -3.34. The molecule has 1 fully saturated rings. The van der Waals surface area contributed by atoms with Crippen LogP contribution in [0.3, 0.4) is 0 Å². The Labute approximate surface area is 128 Å². The Hall–Kier alpha value is -0.890. The van der Waals surface area contributed by atoms with Crippen LogP contribution in [-0.4, -0.2) is 24.8 Å². The van der Waals surface area contributed by atoms with E-state index in [2.05, 4.69) is 15.9 Å². The summed E-state index contributed by atoms with van der Waals surface area (Å²) in [5.41, 5.74) is -0.981. The Balaban J connectivity index is 2.20. The van der Waals surface area contributed by atoms with Crippen molar-refractivity contribution >= 4 is 32.1 Å². The van der Waals surface area contributed by atoms with Crippen LogP contribution in [0.1, 0.15) is 18.4 Å². The predicted molar refractivity (Wildman–Crippen MR) is 73.9 cm³/mol. The second kappa shape index (κ2) is 5.72. The van der Waals surface area contributed by atoms with Crippen molar-refractivity contribution in [3.63, 3.8) is 0 Å². The molecule has 0 aromatic heterocycles. The average molecular weight is 385 g/mol. The lowest BCUT2D eigenvalue weighted by Gasteiger charge is -2.36. The van der Waals surface area contributed by atoms with Gasteiger partial charge in [-0.1, -0.05) is 22.0 Å². The second-order valence-corrected chi connectivity index (χ2v) is 8.29. The average Bonchev–Trinajstić information content (AvgIpc) is 2.35. The number of carbonyl (C=O) groups is 1. The molecule has 1 aromatic rings. The fourth-order valence-corrected chi connectivity index (χ4v) is 4.65. The highest BCUT2D eigenvalue weighted by molar-refractivity contribution is 9.10. The van der Waals surface area contributed by atoms with Crippen LogP contribution in [0.25, 0.3) is 0 Å². The van der Waals surface area contributed by atoms with Gasteiger partial charge in [-0.2, -0.15) is 13.2 Å². The van der Waals surface area contributed by atoms with Crippen LogP contribution in [0.2, 0.25) is 0 Å². The molecule has 21 heavy (non-hydrogen) atoms. The van der Waals surface area contributed by atoms with Crippen LogP contribution in [0, 0.1) is 5.92 Å². The molecule has 8 heteroatoms. The molecule has 0 bridgehead atoms. The predicted octanol–water partition coefficient (Wildman–Crippen LogP) is 3.22. The highest BCUT2D eigenvalue weighted by Gasteiger charge is 2.42. The Kier molecular flexibility index (Phi) is 4.49. The van der Waals surface area contributed by atoms with Gasteiger partial charge in [0.1, 0.15) is 6.29 Å². The molecular weight excluding hydrogens is 373 g/mol. The largest absolute Gasteiger partial charge is 0.416 e. The van der Waals surface area contributed by atoms with Gasteiger partial charge >= 0.3 is 6.18 Å². The van der Waals surface area contributed by atoms with E-state index in [0.29, 0.717) is 12.4 Å². The highest BCUT2D eigenvalue weighted by Crippen LogP contribution is 2.40. The zero-order chi connectivity index (χ0) is 15.8. The summed E-state index contributed by atoms with van der Waals surface area (Å²) in [6.45, 7) is 0. The summed E-state index contributed by atoms with van der Waals surface area (Å²) >= 11 is 3.13. The van der Waals surface area contributed by atoms with Crippen molar-refractivity contribution in [2.45, 2.75) is 34.0 Å². The van der Waals surface area contributed by atoms with E-state index in [9.17, 15) is 26.4 Å². The van der Waals surface area contributed by atoms with Crippen LogP contribution in [0.15, 0.2) is 29.2 Å². The quantitative estimate of drug-likeness (QED) is 0.591. The lowest BCUT2D eigenvalue weighted by molar-refractivity contribution is -0.137. The van der Waals surface area contributed by atoms with Gasteiger partial charge in [-0.15, -0.1) is 0 Å². The second-order valence-electron chi connectivity index (χ2n) is 5.00. The minimum absolute atomic E-state index is 0.0897. The molecule has 1 saturated carbocycles. The molecule has 3 nitrogen and oxygen atoms in total. The van der Waals surface area contributed by atoms with E-state index in [1.54, 1.807) is 0 Å². The number of aldehydes is 1. The van der Waals surface area contributed by atoms with E-state index in [1.807, 2.05) is 0 Å². The number of carbonyl (C=O) groups excluding carboxylic acids is 1. The monoisotopic (exact) mass is 384 g/mol. The number of alkyl halides is 4. The molecule has 0 amide bonds. The van der Waals surface area contributed by atoms with Crippen molar-refractivity contribution in [2.24, 2.45) is 5.92 Å². The first-order valence-corrected chi connectivity index (χ1v) is 8.63. The normalized spacial score (nSPS) is 24.2. The van der Waals surface area contributed by atoms with Crippen molar-refractivity contribution in [2.75, 3.05) is 0 Å². The molecule has 0 aliphatic heterocycles. The van der Waals surface area contributed by atoms with E-state index in [1.165, 1.54) is 6.07 Å². The maximum absolute atomic E-state index is 12.6. The van der Waals surface area contributed by atoms with E-state index in [0.717, 1.165) is 12.1 Å². The van der Waals surface area contributed by atoms with Gasteiger partial charge in [0.2, 0.25) is 0 Å². The lowest BCUT2D eigenvalue weighted by atomic mass is 9.83. The molecule has 0 N–H and O–H groups in total. The summed E-state index contributed by atoms with van der Waals surface area (Å²) in [4.78, 5) is 9.87. The Morgan fingerprint density at radius 2 is 1.90 bits per heavy atom. The topological polar surface area (TPSA) is 51.2 Å². The third-order valence-corrected chi connectivity index (χ3v) is 6.78. The van der Waals surface area contributed by atoms with Crippen molar-refractivity contribution in [1.29, 1.82) is 0 Å². The Morgan fingerprint density at radius 3 is 2.43 bits per heavy atom. The maximum Gasteiger partial charge on any atom is 0.416 e. The molecule has 0 saturated heterocycles. The van der Waals surface area contributed by atoms with E-state index in [-0.39, 0.29) is 23.7 Å². The Bertz CT molecular complexity index is 636. The molecule has 116 valence electrons. The number of benzene rings is 1. The zero-order valence-corrected chi connectivity index (χ0v) is 13.1. The Morgan fingerprint density at radius 1 is 1.29 bits per heavy atom. The van der Waals surface area contributed by atoms with Gasteiger partial charge in [-0.05, 0) is 37.0 Å². The number of hydrogen-bond acceptors (Lipinski definition) is 3. The van der Waals surface area contributed by atoms with Crippen LogP contribution in [0.4, 0.5) is 13.2 Å². The van der Waals surface area contributed by atoms with Crippen LogP contribution in [0.5, 0.6) is 0 Å².